The predicted octanol–water partition coefficient (Wildman–Crippen LogP) is 1.83. The summed E-state index contributed by atoms with van der Waals surface area (Å²) in [6.45, 7) is 8.01. The average molecular weight is 200 g/mol. The van der Waals surface area contributed by atoms with Gasteiger partial charge in [0, 0.05) is 39.1 Å². The minimum Gasteiger partial charge on any atom is -0.382 e. The molecule has 0 bridgehead atoms. The lowest BCUT2D eigenvalue weighted by molar-refractivity contribution is 0.136. The molecule has 0 aromatic carbocycles. The van der Waals surface area contributed by atoms with Crippen LogP contribution in [0.15, 0.2) is 4.99 Å². The van der Waals surface area contributed by atoms with E-state index in [2.05, 4.69) is 23.9 Å². The molecule has 0 radical (unpaired) electrons. The molecule has 0 unspecified atom stereocenters. The summed E-state index contributed by atoms with van der Waals surface area (Å²) in [5, 5.41) is 0. The van der Waals surface area contributed by atoms with E-state index in [4.69, 9.17) is 4.74 Å². The Labute approximate surface area is 88.2 Å². The van der Waals surface area contributed by atoms with Gasteiger partial charge in [-0.2, -0.15) is 0 Å². The van der Waals surface area contributed by atoms with Crippen molar-refractivity contribution in [1.29, 1.82) is 0 Å². The van der Waals surface area contributed by atoms with Crippen LogP contribution in [0.4, 0.5) is 0 Å². The molecule has 0 aromatic heterocycles. The largest absolute Gasteiger partial charge is 0.382 e. The first-order chi connectivity index (χ1) is 6.70. The van der Waals surface area contributed by atoms with Crippen molar-refractivity contribution in [3.63, 3.8) is 0 Å². The topological polar surface area (TPSA) is 24.8 Å². The molecule has 0 amide bonds. The Morgan fingerprint density at radius 2 is 2.07 bits per heavy atom. The number of hydrogen-bond donors (Lipinski definition) is 0. The van der Waals surface area contributed by atoms with Crippen molar-refractivity contribution in [3.8, 4) is 0 Å². The van der Waals surface area contributed by atoms with Gasteiger partial charge in [-0.15, -0.1) is 0 Å². The second kappa shape index (κ2) is 9.16. The van der Waals surface area contributed by atoms with Crippen LogP contribution in [0.3, 0.4) is 0 Å². The zero-order chi connectivity index (χ0) is 10.8. The van der Waals surface area contributed by atoms with Gasteiger partial charge in [0.2, 0.25) is 0 Å². The van der Waals surface area contributed by atoms with E-state index < -0.39 is 0 Å². The first-order valence-corrected chi connectivity index (χ1v) is 5.39. The van der Waals surface area contributed by atoms with Crippen molar-refractivity contribution in [2.24, 2.45) is 4.99 Å². The van der Waals surface area contributed by atoms with Crippen LogP contribution in [0.1, 0.15) is 26.7 Å². The Morgan fingerprint density at radius 3 is 2.64 bits per heavy atom. The molecule has 3 heteroatoms. The van der Waals surface area contributed by atoms with E-state index in [1.165, 1.54) is 5.71 Å². The molecule has 0 spiro atoms. The van der Waals surface area contributed by atoms with Gasteiger partial charge in [-0.05, 0) is 33.7 Å². The third-order valence-electron chi connectivity index (χ3n) is 2.27. The minimum atomic E-state index is 0.825. The number of hydrogen-bond acceptors (Lipinski definition) is 3. The molecular weight excluding hydrogens is 176 g/mol. The summed E-state index contributed by atoms with van der Waals surface area (Å²) < 4.78 is 5.28. The van der Waals surface area contributed by atoms with Gasteiger partial charge in [-0.3, -0.25) is 4.99 Å². The monoisotopic (exact) mass is 200 g/mol. The van der Waals surface area contributed by atoms with E-state index in [0.29, 0.717) is 0 Å². The number of ether oxygens (including phenoxy) is 1. The average Bonchev–Trinajstić information content (AvgIpc) is 2.21. The molecule has 0 aliphatic rings. The lowest BCUT2D eigenvalue weighted by atomic mass is 10.3. The molecular formula is C11H24N2O. The molecule has 0 N–H and O–H groups in total. The van der Waals surface area contributed by atoms with Gasteiger partial charge in [0.1, 0.15) is 0 Å². The molecule has 0 heterocycles. The van der Waals surface area contributed by atoms with Crippen LogP contribution in [0.25, 0.3) is 0 Å². The van der Waals surface area contributed by atoms with Crippen molar-refractivity contribution >= 4 is 5.71 Å². The van der Waals surface area contributed by atoms with Crippen LogP contribution in [0.2, 0.25) is 0 Å². The Balaban J connectivity index is 3.32. The number of aliphatic imine (C=N–C) groups is 1. The van der Waals surface area contributed by atoms with Crippen molar-refractivity contribution in [2.75, 3.05) is 40.4 Å². The van der Waals surface area contributed by atoms with E-state index in [0.717, 1.165) is 39.1 Å². The van der Waals surface area contributed by atoms with Crippen LogP contribution < -0.4 is 0 Å². The zero-order valence-corrected chi connectivity index (χ0v) is 10.0. The summed E-state index contributed by atoms with van der Waals surface area (Å²) in [4.78, 5) is 6.46. The lowest BCUT2D eigenvalue weighted by Gasteiger charge is -2.15. The Bertz CT molecular complexity index is 157. The maximum absolute atomic E-state index is 5.28. The molecule has 0 aliphatic carbocycles. The van der Waals surface area contributed by atoms with Gasteiger partial charge in [-0.25, -0.2) is 0 Å². The molecule has 0 saturated carbocycles. The smallest absolute Gasteiger partial charge is 0.0478 e. The predicted molar refractivity (Wildman–Crippen MR) is 62.3 cm³/mol. The summed E-state index contributed by atoms with van der Waals surface area (Å²) in [7, 11) is 4.00. The molecule has 0 aromatic rings. The number of nitrogens with zero attached hydrogens (tertiary/aromatic N) is 2. The Kier molecular flexibility index (Phi) is 8.89. The normalized spacial score (nSPS) is 12.5. The zero-order valence-electron chi connectivity index (χ0n) is 10.0. The summed E-state index contributed by atoms with van der Waals surface area (Å²) in [6.07, 6.45) is 2.19. The summed E-state index contributed by atoms with van der Waals surface area (Å²) >= 11 is 0. The fourth-order valence-corrected chi connectivity index (χ4v) is 1.16. The van der Waals surface area contributed by atoms with Gasteiger partial charge < -0.3 is 9.64 Å². The molecule has 0 saturated heterocycles. The number of rotatable bonds is 8. The highest BCUT2D eigenvalue weighted by Crippen LogP contribution is 1.93. The van der Waals surface area contributed by atoms with Gasteiger partial charge in [-0.1, -0.05) is 0 Å². The quantitative estimate of drug-likeness (QED) is 0.441. The Hall–Kier alpha value is -0.410. The van der Waals surface area contributed by atoms with Crippen molar-refractivity contribution < 1.29 is 4.74 Å². The summed E-state index contributed by atoms with van der Waals surface area (Å²) in [5.41, 5.74) is 1.22. The van der Waals surface area contributed by atoms with Crippen LogP contribution in [-0.4, -0.2) is 51.0 Å². The summed E-state index contributed by atoms with van der Waals surface area (Å²) in [5.74, 6) is 0. The maximum atomic E-state index is 5.28. The standard InChI is InChI=1S/C11H24N2O/c1-5-14-10-6-8-13(4)9-7-11(2)12-3/h5-10H2,1-4H3. The minimum absolute atomic E-state index is 0.825. The van der Waals surface area contributed by atoms with Gasteiger partial charge >= 0.3 is 0 Å². The molecule has 14 heavy (non-hydrogen) atoms. The second-order valence-electron chi connectivity index (χ2n) is 3.56. The first-order valence-electron chi connectivity index (χ1n) is 5.39. The third kappa shape index (κ3) is 8.20. The van der Waals surface area contributed by atoms with Crippen LogP contribution >= 0.6 is 0 Å². The maximum Gasteiger partial charge on any atom is 0.0478 e. The van der Waals surface area contributed by atoms with E-state index >= 15 is 0 Å². The van der Waals surface area contributed by atoms with Crippen LogP contribution in [-0.2, 0) is 4.74 Å². The van der Waals surface area contributed by atoms with E-state index in [-0.39, 0.29) is 0 Å². The molecule has 0 rings (SSSR count). The fraction of sp³-hybridized carbons (Fsp3) is 0.909. The first kappa shape index (κ1) is 13.6. The second-order valence-corrected chi connectivity index (χ2v) is 3.56. The van der Waals surface area contributed by atoms with Crippen molar-refractivity contribution in [1.82, 2.24) is 4.90 Å². The summed E-state index contributed by atoms with van der Waals surface area (Å²) in [6, 6.07) is 0. The fourth-order valence-electron chi connectivity index (χ4n) is 1.16. The van der Waals surface area contributed by atoms with E-state index in [1.807, 2.05) is 14.0 Å². The van der Waals surface area contributed by atoms with Gasteiger partial charge in [0.15, 0.2) is 0 Å². The molecule has 84 valence electrons. The van der Waals surface area contributed by atoms with Gasteiger partial charge in [0.25, 0.3) is 0 Å². The molecule has 3 nitrogen and oxygen atoms in total. The molecule has 0 aliphatic heterocycles. The highest BCUT2D eigenvalue weighted by molar-refractivity contribution is 5.81. The van der Waals surface area contributed by atoms with Gasteiger partial charge in [0.05, 0.1) is 0 Å². The van der Waals surface area contributed by atoms with E-state index in [9.17, 15) is 0 Å². The van der Waals surface area contributed by atoms with Crippen molar-refractivity contribution in [2.45, 2.75) is 26.7 Å². The van der Waals surface area contributed by atoms with Crippen LogP contribution in [0.5, 0.6) is 0 Å². The van der Waals surface area contributed by atoms with Crippen molar-refractivity contribution in [3.05, 3.63) is 0 Å². The van der Waals surface area contributed by atoms with E-state index in [1.54, 1.807) is 0 Å². The highest BCUT2D eigenvalue weighted by atomic mass is 16.5. The molecule has 0 fully saturated rings. The highest BCUT2D eigenvalue weighted by Gasteiger charge is 1.98. The molecule has 0 atom stereocenters. The third-order valence-corrected chi connectivity index (χ3v) is 2.27. The van der Waals surface area contributed by atoms with Crippen LogP contribution in [0, 0.1) is 0 Å². The lowest BCUT2D eigenvalue weighted by Crippen LogP contribution is -2.23. The SMILES string of the molecule is CCOCCCN(C)CCC(C)=NC. The Morgan fingerprint density at radius 1 is 1.36 bits per heavy atom.